The lowest BCUT2D eigenvalue weighted by molar-refractivity contribution is -0.134. The minimum Gasteiger partial charge on any atom is -0.396 e. The van der Waals surface area contributed by atoms with Gasteiger partial charge in [-0.2, -0.15) is 0 Å². The number of benzene rings is 2. The molecule has 3 rings (SSSR count). The van der Waals surface area contributed by atoms with E-state index in [-0.39, 0.29) is 37.6 Å². The summed E-state index contributed by atoms with van der Waals surface area (Å²) >= 11 is 0. The van der Waals surface area contributed by atoms with Crippen molar-refractivity contribution < 1.29 is 28.3 Å². The van der Waals surface area contributed by atoms with Gasteiger partial charge in [-0.3, -0.25) is 10.0 Å². The normalized spacial score (nSPS) is 16.5. The molecular weight excluding hydrogens is 382 g/mol. The Morgan fingerprint density at radius 3 is 2.04 bits per heavy atom. The van der Waals surface area contributed by atoms with Crippen LogP contribution in [0, 0.1) is 0 Å². The number of nitrogens with one attached hydrogen (secondary N) is 1. The van der Waals surface area contributed by atoms with E-state index in [1.165, 1.54) is 17.6 Å². The maximum Gasteiger partial charge on any atom is 0.265 e. The van der Waals surface area contributed by atoms with Crippen LogP contribution in [-0.2, 0) is 25.8 Å². The first-order chi connectivity index (χ1) is 13.4. The van der Waals surface area contributed by atoms with E-state index in [2.05, 4.69) is 0 Å². The number of hydroxylamine groups is 1. The van der Waals surface area contributed by atoms with Gasteiger partial charge in [0.05, 0.1) is 4.90 Å². The van der Waals surface area contributed by atoms with Crippen molar-refractivity contribution in [3.05, 3.63) is 54.1 Å². The largest absolute Gasteiger partial charge is 0.396 e. The molecule has 0 saturated carbocycles. The van der Waals surface area contributed by atoms with Gasteiger partial charge in [-0.1, -0.05) is 36.4 Å². The van der Waals surface area contributed by atoms with E-state index < -0.39 is 20.5 Å². The highest BCUT2D eigenvalue weighted by Crippen LogP contribution is 2.36. The Labute approximate surface area is 163 Å². The zero-order valence-corrected chi connectivity index (χ0v) is 16.1. The number of carbonyl (C=O) groups is 1. The van der Waals surface area contributed by atoms with Gasteiger partial charge in [0.15, 0.2) is 14.6 Å². The lowest BCUT2D eigenvalue weighted by atomic mass is 9.98. The first kappa shape index (κ1) is 20.5. The molecule has 0 bridgehead atoms. The van der Waals surface area contributed by atoms with Crippen molar-refractivity contribution in [3.8, 4) is 11.1 Å². The molecule has 28 heavy (non-hydrogen) atoms. The third kappa shape index (κ3) is 3.68. The van der Waals surface area contributed by atoms with E-state index in [9.17, 15) is 13.2 Å². The van der Waals surface area contributed by atoms with Crippen molar-refractivity contribution in [2.45, 2.75) is 28.9 Å². The molecule has 0 atom stereocenters. The molecule has 3 N–H and O–H groups in total. The molecule has 0 aliphatic carbocycles. The number of aliphatic hydroxyl groups excluding tert-OH is 1. The van der Waals surface area contributed by atoms with E-state index >= 15 is 0 Å². The van der Waals surface area contributed by atoms with Crippen LogP contribution in [0.3, 0.4) is 0 Å². The Hall–Kier alpha value is -2.26. The van der Waals surface area contributed by atoms with Gasteiger partial charge in [-0.15, -0.1) is 0 Å². The van der Waals surface area contributed by atoms with Gasteiger partial charge >= 0.3 is 0 Å². The van der Waals surface area contributed by atoms with Gasteiger partial charge in [0.2, 0.25) is 0 Å². The summed E-state index contributed by atoms with van der Waals surface area (Å²) in [7, 11) is -4.03. The molecular formula is C20H23NO6S. The van der Waals surface area contributed by atoms with Gasteiger partial charge in [0.25, 0.3) is 5.91 Å². The molecule has 0 radical (unpaired) electrons. The summed E-state index contributed by atoms with van der Waals surface area (Å²) in [5, 5.41) is 18.1. The molecule has 1 aliphatic heterocycles. The molecule has 1 aliphatic rings. The number of amides is 1. The second-order valence-electron chi connectivity index (χ2n) is 6.75. The molecule has 150 valence electrons. The van der Waals surface area contributed by atoms with Crippen LogP contribution in [0.4, 0.5) is 0 Å². The summed E-state index contributed by atoms with van der Waals surface area (Å²) in [5.41, 5.74) is 4.28. The van der Waals surface area contributed by atoms with Crippen LogP contribution in [0.5, 0.6) is 0 Å². The van der Waals surface area contributed by atoms with Gasteiger partial charge in [-0.05, 0) is 48.1 Å². The highest BCUT2D eigenvalue weighted by atomic mass is 32.2. The summed E-state index contributed by atoms with van der Waals surface area (Å²) in [6, 6.07) is 14.0. The molecule has 0 unspecified atom stereocenters. The molecule has 1 amide bonds. The lowest BCUT2D eigenvalue weighted by Gasteiger charge is -2.34. The topological polar surface area (TPSA) is 113 Å². The predicted molar refractivity (Wildman–Crippen MR) is 103 cm³/mol. The smallest absolute Gasteiger partial charge is 0.265 e. The molecule has 0 aromatic heterocycles. The predicted octanol–water partition coefficient (Wildman–Crippen LogP) is 1.72. The molecule has 8 heteroatoms. The molecule has 0 spiro atoms. The highest BCUT2D eigenvalue weighted by Gasteiger charge is 2.52. The Balaban J connectivity index is 1.91. The van der Waals surface area contributed by atoms with E-state index in [0.29, 0.717) is 6.42 Å². The van der Waals surface area contributed by atoms with E-state index in [0.717, 1.165) is 16.7 Å². The maximum absolute atomic E-state index is 13.2. The Bertz CT molecular complexity index is 916. The summed E-state index contributed by atoms with van der Waals surface area (Å²) in [6.45, 7) is 0.343. The minimum atomic E-state index is -4.03. The fraction of sp³-hybridized carbons (Fsp3) is 0.350. The van der Waals surface area contributed by atoms with Crippen molar-refractivity contribution in [1.29, 1.82) is 0 Å². The van der Waals surface area contributed by atoms with Gasteiger partial charge < -0.3 is 9.84 Å². The number of hydrogen-bond acceptors (Lipinski definition) is 6. The quantitative estimate of drug-likeness (QED) is 0.498. The fourth-order valence-corrected chi connectivity index (χ4v) is 5.41. The van der Waals surface area contributed by atoms with Crippen LogP contribution >= 0.6 is 0 Å². The standard InChI is InChI=1S/C20H23NO6S/c22-12-9-15-1-3-16(4-2-15)17-5-7-18(8-6-17)28(25,26)20(19(23)21-24)10-13-27-14-11-20/h1-8,22,24H,9-14H2,(H,21,23). The Morgan fingerprint density at radius 2 is 1.54 bits per heavy atom. The number of rotatable bonds is 6. The van der Waals surface area contributed by atoms with Crippen LogP contribution in [0.1, 0.15) is 18.4 Å². The summed E-state index contributed by atoms with van der Waals surface area (Å²) in [4.78, 5) is 12.3. The minimum absolute atomic E-state index is 0.0181. The Morgan fingerprint density at radius 1 is 1.00 bits per heavy atom. The number of aliphatic hydroxyl groups is 1. The monoisotopic (exact) mass is 405 g/mol. The number of ether oxygens (including phenoxy) is 1. The summed E-state index contributed by atoms with van der Waals surface area (Å²) < 4.78 is 29.9. The first-order valence-corrected chi connectivity index (χ1v) is 10.5. The highest BCUT2D eigenvalue weighted by molar-refractivity contribution is 7.93. The van der Waals surface area contributed by atoms with Crippen LogP contribution in [0.25, 0.3) is 11.1 Å². The maximum atomic E-state index is 13.2. The van der Waals surface area contributed by atoms with Crippen molar-refractivity contribution in [2.75, 3.05) is 19.8 Å². The summed E-state index contributed by atoms with van der Waals surface area (Å²) in [6.07, 6.45) is 0.543. The van der Waals surface area contributed by atoms with E-state index in [1.54, 1.807) is 12.1 Å². The van der Waals surface area contributed by atoms with Gasteiger partial charge in [-0.25, -0.2) is 13.9 Å². The molecule has 2 aromatic rings. The van der Waals surface area contributed by atoms with Crippen molar-refractivity contribution in [1.82, 2.24) is 5.48 Å². The lowest BCUT2D eigenvalue weighted by Crippen LogP contribution is -2.54. The fourth-order valence-electron chi connectivity index (χ4n) is 3.47. The third-order valence-corrected chi connectivity index (χ3v) is 7.70. The molecule has 1 fully saturated rings. The van der Waals surface area contributed by atoms with Gasteiger partial charge in [0, 0.05) is 19.8 Å². The van der Waals surface area contributed by atoms with E-state index in [1.807, 2.05) is 24.3 Å². The van der Waals surface area contributed by atoms with Gasteiger partial charge in [0.1, 0.15) is 0 Å². The zero-order chi connectivity index (χ0) is 20.2. The van der Waals surface area contributed by atoms with Crippen molar-refractivity contribution in [2.24, 2.45) is 0 Å². The Kier molecular flexibility index (Phi) is 6.14. The molecule has 1 saturated heterocycles. The van der Waals surface area contributed by atoms with Crippen LogP contribution in [0.15, 0.2) is 53.4 Å². The van der Waals surface area contributed by atoms with Crippen LogP contribution in [0.2, 0.25) is 0 Å². The molecule has 1 heterocycles. The second kappa shape index (κ2) is 8.40. The molecule has 7 nitrogen and oxygen atoms in total. The first-order valence-electron chi connectivity index (χ1n) is 9.02. The number of hydrogen-bond donors (Lipinski definition) is 3. The van der Waals surface area contributed by atoms with E-state index in [4.69, 9.17) is 15.1 Å². The van der Waals surface area contributed by atoms with Crippen molar-refractivity contribution in [3.63, 3.8) is 0 Å². The van der Waals surface area contributed by atoms with Crippen LogP contribution < -0.4 is 5.48 Å². The second-order valence-corrected chi connectivity index (χ2v) is 9.01. The molecule has 2 aromatic carbocycles. The van der Waals surface area contributed by atoms with Crippen molar-refractivity contribution >= 4 is 15.7 Å². The van der Waals surface area contributed by atoms with Crippen LogP contribution in [-0.4, -0.2) is 49.2 Å². The number of sulfone groups is 1. The number of carbonyl (C=O) groups excluding carboxylic acids is 1. The average Bonchev–Trinajstić information content (AvgIpc) is 2.74. The SMILES string of the molecule is O=C(NO)C1(S(=O)(=O)c2ccc(-c3ccc(CCO)cc3)cc2)CCOCC1. The third-order valence-electron chi connectivity index (χ3n) is 5.18. The summed E-state index contributed by atoms with van der Waals surface area (Å²) in [5.74, 6) is -0.931. The average molecular weight is 405 g/mol. The zero-order valence-electron chi connectivity index (χ0n) is 15.3.